The second-order valence-corrected chi connectivity index (χ2v) is 11.5. The molecular weight excluding hydrogens is 522 g/mol. The molecule has 0 aromatic heterocycles. The Morgan fingerprint density at radius 1 is 1.07 bits per heavy atom. The summed E-state index contributed by atoms with van der Waals surface area (Å²) >= 11 is 0. The average Bonchev–Trinajstić information content (AvgIpc) is 3.38. The fourth-order valence-electron chi connectivity index (χ4n) is 5.56. The van der Waals surface area contributed by atoms with E-state index in [4.69, 9.17) is 10.5 Å². The standard InChI is InChI=1S/C31H41N5O5/c1-30(2,3)36-18-10-16-31(36,28(33)39)20-26(37)25(19-22-11-6-4-7-12-22)34-27(38)24(15-17-32)35-29(40)41-21-23-13-8-5-9-14-23/h4-9,11-14,24-26,37H,10,15-16,18-21H2,1-3H3,(H2,33,39)(H,34,38)(H,35,40)/t24-,25-,26+,31+/m0/s1. The van der Waals surface area contributed by atoms with Gasteiger partial charge in [0.2, 0.25) is 11.8 Å². The summed E-state index contributed by atoms with van der Waals surface area (Å²) in [5.41, 5.74) is 6.14. The topological polar surface area (TPSA) is 158 Å². The van der Waals surface area contributed by atoms with Crippen molar-refractivity contribution < 1.29 is 24.2 Å². The number of alkyl carbamates (subject to hydrolysis) is 1. The molecule has 0 bridgehead atoms. The third-order valence-electron chi connectivity index (χ3n) is 7.51. The molecule has 0 unspecified atom stereocenters. The highest BCUT2D eigenvalue weighted by molar-refractivity contribution is 5.86. The summed E-state index contributed by atoms with van der Waals surface area (Å²) in [5.74, 6) is -1.16. The number of ether oxygens (including phenoxy) is 1. The fourth-order valence-corrected chi connectivity index (χ4v) is 5.56. The minimum atomic E-state index is -1.21. The maximum atomic E-state index is 13.4. The van der Waals surface area contributed by atoms with Crippen molar-refractivity contribution in [2.45, 2.75) is 88.7 Å². The smallest absolute Gasteiger partial charge is 0.408 e. The number of carbonyl (C=O) groups excluding carboxylic acids is 3. The van der Waals surface area contributed by atoms with Crippen LogP contribution in [-0.2, 0) is 27.4 Å². The van der Waals surface area contributed by atoms with Crippen molar-refractivity contribution in [1.82, 2.24) is 15.5 Å². The number of aliphatic hydroxyl groups is 1. The first-order chi connectivity index (χ1) is 19.5. The van der Waals surface area contributed by atoms with Gasteiger partial charge in [-0.1, -0.05) is 60.7 Å². The predicted molar refractivity (Wildman–Crippen MR) is 154 cm³/mol. The second-order valence-electron chi connectivity index (χ2n) is 11.5. The number of aliphatic hydroxyl groups excluding tert-OH is 1. The maximum Gasteiger partial charge on any atom is 0.408 e. The fraction of sp³-hybridized carbons (Fsp3) is 0.484. The number of rotatable bonds is 12. The van der Waals surface area contributed by atoms with Crippen molar-refractivity contribution in [1.29, 1.82) is 5.26 Å². The molecule has 41 heavy (non-hydrogen) atoms. The molecule has 1 aliphatic rings. The lowest BCUT2D eigenvalue weighted by molar-refractivity contribution is -0.135. The van der Waals surface area contributed by atoms with E-state index in [1.165, 1.54) is 0 Å². The zero-order valence-corrected chi connectivity index (χ0v) is 24.0. The Bertz CT molecular complexity index is 1210. The number of likely N-dealkylation sites (tertiary alicyclic amines) is 1. The molecule has 2 aromatic rings. The first-order valence-electron chi connectivity index (χ1n) is 13.9. The van der Waals surface area contributed by atoms with Crippen LogP contribution in [0.1, 0.15) is 57.6 Å². The first kappa shape index (κ1) is 31.6. The van der Waals surface area contributed by atoms with E-state index in [0.717, 1.165) is 17.5 Å². The number of hydrogen-bond donors (Lipinski definition) is 4. The zero-order valence-electron chi connectivity index (χ0n) is 24.0. The number of nitriles is 1. The molecule has 1 saturated heterocycles. The van der Waals surface area contributed by atoms with Gasteiger partial charge in [-0.05, 0) is 57.7 Å². The summed E-state index contributed by atoms with van der Waals surface area (Å²) in [6, 6.07) is 18.3. The Hall–Kier alpha value is -3.94. The molecule has 5 N–H and O–H groups in total. The molecule has 1 aliphatic heterocycles. The van der Waals surface area contributed by atoms with Crippen LogP contribution >= 0.6 is 0 Å². The van der Waals surface area contributed by atoms with E-state index in [9.17, 15) is 24.8 Å². The molecule has 220 valence electrons. The lowest BCUT2D eigenvalue weighted by atomic mass is 9.82. The molecule has 1 heterocycles. The third-order valence-corrected chi connectivity index (χ3v) is 7.51. The van der Waals surface area contributed by atoms with Gasteiger partial charge in [0.15, 0.2) is 0 Å². The number of primary amides is 1. The van der Waals surface area contributed by atoms with Gasteiger partial charge >= 0.3 is 6.09 Å². The lowest BCUT2D eigenvalue weighted by Crippen LogP contribution is -2.63. The van der Waals surface area contributed by atoms with Crippen LogP contribution in [0.4, 0.5) is 4.79 Å². The number of nitrogens with two attached hydrogens (primary N) is 1. The van der Waals surface area contributed by atoms with Crippen LogP contribution in [0.25, 0.3) is 0 Å². The van der Waals surface area contributed by atoms with Gasteiger partial charge in [0.05, 0.1) is 24.6 Å². The van der Waals surface area contributed by atoms with Crippen LogP contribution in [-0.4, -0.2) is 63.7 Å². The molecule has 10 nitrogen and oxygen atoms in total. The Balaban J connectivity index is 1.78. The van der Waals surface area contributed by atoms with Gasteiger partial charge in [-0.15, -0.1) is 0 Å². The van der Waals surface area contributed by atoms with Crippen LogP contribution in [0.15, 0.2) is 60.7 Å². The van der Waals surface area contributed by atoms with E-state index in [1.807, 2.05) is 80.3 Å². The minimum absolute atomic E-state index is 0.00237. The molecule has 1 fully saturated rings. The van der Waals surface area contributed by atoms with Gasteiger partial charge in [0, 0.05) is 12.0 Å². The molecule has 0 spiro atoms. The molecule has 0 aliphatic carbocycles. The Kier molecular flexibility index (Phi) is 10.9. The number of nitrogens with one attached hydrogen (secondary N) is 2. The van der Waals surface area contributed by atoms with Gasteiger partial charge in [-0.3, -0.25) is 14.5 Å². The molecule has 0 radical (unpaired) electrons. The van der Waals surface area contributed by atoms with Crippen molar-refractivity contribution in [3.8, 4) is 6.07 Å². The van der Waals surface area contributed by atoms with E-state index < -0.39 is 41.6 Å². The van der Waals surface area contributed by atoms with Gasteiger partial charge in [-0.2, -0.15) is 5.26 Å². The van der Waals surface area contributed by atoms with Crippen molar-refractivity contribution in [3.63, 3.8) is 0 Å². The molecule has 4 atom stereocenters. The SMILES string of the molecule is CC(C)(C)N1CCC[C@@]1(C[C@@H](O)[C@H](Cc1ccccc1)NC(=O)[C@H](CC#N)NC(=O)OCc1ccccc1)C(N)=O. The Morgan fingerprint density at radius 3 is 2.24 bits per heavy atom. The number of hydrogen-bond acceptors (Lipinski definition) is 7. The summed E-state index contributed by atoms with van der Waals surface area (Å²) < 4.78 is 5.23. The van der Waals surface area contributed by atoms with Crippen LogP contribution in [0.5, 0.6) is 0 Å². The van der Waals surface area contributed by atoms with E-state index in [2.05, 4.69) is 10.6 Å². The lowest BCUT2D eigenvalue weighted by Gasteiger charge is -2.46. The quantitative estimate of drug-likeness (QED) is 0.309. The normalized spacial score (nSPS) is 19.4. The van der Waals surface area contributed by atoms with E-state index in [-0.39, 0.29) is 31.4 Å². The average molecular weight is 564 g/mol. The van der Waals surface area contributed by atoms with E-state index >= 15 is 0 Å². The molecule has 0 saturated carbocycles. The third kappa shape index (κ3) is 8.52. The second kappa shape index (κ2) is 14.1. The van der Waals surface area contributed by atoms with E-state index in [0.29, 0.717) is 13.0 Å². The number of amides is 3. The molecule has 2 aromatic carbocycles. The minimum Gasteiger partial charge on any atom is -0.445 e. The number of carbonyl (C=O) groups is 3. The highest BCUT2D eigenvalue weighted by Crippen LogP contribution is 2.39. The van der Waals surface area contributed by atoms with Gasteiger partial charge < -0.3 is 26.2 Å². The predicted octanol–water partition coefficient (Wildman–Crippen LogP) is 2.79. The molecule has 10 heteroatoms. The van der Waals surface area contributed by atoms with Crippen LogP contribution in [0.2, 0.25) is 0 Å². The molecular formula is C31H41N5O5. The first-order valence-corrected chi connectivity index (χ1v) is 13.9. The van der Waals surface area contributed by atoms with Crippen LogP contribution in [0.3, 0.4) is 0 Å². The van der Waals surface area contributed by atoms with Gasteiger partial charge in [0.25, 0.3) is 0 Å². The summed E-state index contributed by atoms with van der Waals surface area (Å²) in [4.78, 5) is 40.8. The van der Waals surface area contributed by atoms with Crippen molar-refractivity contribution in [2.24, 2.45) is 5.73 Å². The Morgan fingerprint density at radius 2 is 1.68 bits per heavy atom. The summed E-state index contributed by atoms with van der Waals surface area (Å²) in [5, 5.41) is 26.2. The number of benzene rings is 2. The summed E-state index contributed by atoms with van der Waals surface area (Å²) in [6.07, 6.45) is -0.769. The number of nitrogens with zero attached hydrogens (tertiary/aromatic N) is 2. The van der Waals surface area contributed by atoms with E-state index in [1.54, 1.807) is 12.1 Å². The molecule has 3 rings (SSSR count). The molecule has 3 amide bonds. The zero-order chi connectivity index (χ0) is 30.0. The highest BCUT2D eigenvalue weighted by Gasteiger charge is 2.51. The Labute approximate surface area is 241 Å². The van der Waals surface area contributed by atoms with Gasteiger partial charge in [0.1, 0.15) is 18.2 Å². The largest absolute Gasteiger partial charge is 0.445 e. The highest BCUT2D eigenvalue weighted by atomic mass is 16.5. The van der Waals surface area contributed by atoms with Crippen LogP contribution < -0.4 is 16.4 Å². The van der Waals surface area contributed by atoms with Crippen molar-refractivity contribution in [2.75, 3.05) is 6.54 Å². The van der Waals surface area contributed by atoms with Gasteiger partial charge in [-0.25, -0.2) is 4.79 Å². The monoisotopic (exact) mass is 563 g/mol. The summed E-state index contributed by atoms with van der Waals surface area (Å²) in [7, 11) is 0. The van der Waals surface area contributed by atoms with Crippen LogP contribution in [0, 0.1) is 11.3 Å². The maximum absolute atomic E-state index is 13.4. The van der Waals surface area contributed by atoms with Crippen molar-refractivity contribution in [3.05, 3.63) is 71.8 Å². The van der Waals surface area contributed by atoms with Crippen molar-refractivity contribution >= 4 is 17.9 Å². The summed E-state index contributed by atoms with van der Waals surface area (Å²) in [6.45, 7) is 6.67.